The summed E-state index contributed by atoms with van der Waals surface area (Å²) < 4.78 is 7.79. The molecule has 2 saturated carbocycles. The van der Waals surface area contributed by atoms with Crippen LogP contribution < -0.4 is 0 Å². The van der Waals surface area contributed by atoms with Crippen molar-refractivity contribution in [2.24, 2.45) is 11.3 Å². The van der Waals surface area contributed by atoms with Gasteiger partial charge >= 0.3 is 0 Å². The topological polar surface area (TPSA) is 27.1 Å². The predicted molar refractivity (Wildman–Crippen MR) is 79.0 cm³/mol. The van der Waals surface area contributed by atoms with Gasteiger partial charge in [-0.15, -0.1) is 0 Å². The van der Waals surface area contributed by atoms with Gasteiger partial charge in [0.05, 0.1) is 0 Å². The molecule has 1 heterocycles. The number of fused-ring (bicyclic) bond motifs is 1. The summed E-state index contributed by atoms with van der Waals surface area (Å²) in [6.45, 7) is 2.45. The minimum atomic E-state index is 0.286. The van der Waals surface area contributed by atoms with E-state index in [9.17, 15) is 0 Å². The molecule has 0 amide bonds. The molecule has 0 bridgehead atoms. The first-order valence-corrected chi connectivity index (χ1v) is 7.77. The van der Waals surface area contributed by atoms with Gasteiger partial charge in [0.25, 0.3) is 5.17 Å². The Hall–Kier alpha value is -0.900. The fourth-order valence-corrected chi connectivity index (χ4v) is 4.16. The Labute approximate surface area is 120 Å². The molecule has 2 fully saturated rings. The van der Waals surface area contributed by atoms with E-state index in [0.717, 1.165) is 18.8 Å². The highest BCUT2D eigenvalue weighted by Crippen LogP contribution is 2.50. The molecular weight excluding hydrogens is 256 g/mol. The number of rotatable bonds is 1. The van der Waals surface area contributed by atoms with E-state index in [1.54, 1.807) is 17.1 Å². The van der Waals surface area contributed by atoms with E-state index in [1.807, 2.05) is 6.20 Å². The summed E-state index contributed by atoms with van der Waals surface area (Å²) in [6.07, 6.45) is 14.7. The molecule has 4 heteroatoms. The molecule has 1 aromatic heterocycles. The van der Waals surface area contributed by atoms with E-state index in [2.05, 4.69) is 11.9 Å². The molecule has 0 radical (unpaired) electrons. The molecule has 3 atom stereocenters. The van der Waals surface area contributed by atoms with Gasteiger partial charge in [-0.2, -0.15) is 0 Å². The zero-order chi connectivity index (χ0) is 13.3. The van der Waals surface area contributed by atoms with E-state index in [-0.39, 0.29) is 6.10 Å². The SMILES string of the molecule is C[C@]12CCCC[C@@H]1CC[C@H](OC(=S)n1ccnc1)C2. The lowest BCUT2D eigenvalue weighted by Crippen LogP contribution is -2.40. The Morgan fingerprint density at radius 2 is 2.26 bits per heavy atom. The second kappa shape index (κ2) is 5.23. The highest BCUT2D eigenvalue weighted by molar-refractivity contribution is 7.80. The van der Waals surface area contributed by atoms with Crippen LogP contribution in [0, 0.1) is 11.3 Å². The number of hydrogen-bond donors (Lipinski definition) is 0. The lowest BCUT2D eigenvalue weighted by molar-refractivity contribution is -0.00749. The second-order valence-electron chi connectivity index (χ2n) is 6.35. The first-order chi connectivity index (χ1) is 9.17. The van der Waals surface area contributed by atoms with Crippen molar-refractivity contribution in [1.29, 1.82) is 0 Å². The van der Waals surface area contributed by atoms with Crippen molar-refractivity contribution in [3.05, 3.63) is 18.7 Å². The van der Waals surface area contributed by atoms with Gasteiger partial charge in [-0.3, -0.25) is 4.57 Å². The van der Waals surface area contributed by atoms with Gasteiger partial charge in [0.1, 0.15) is 12.4 Å². The smallest absolute Gasteiger partial charge is 0.269 e. The lowest BCUT2D eigenvalue weighted by Gasteiger charge is -2.47. The number of thiocarbonyl (C=S) groups is 1. The van der Waals surface area contributed by atoms with Crippen LogP contribution in [-0.4, -0.2) is 20.8 Å². The van der Waals surface area contributed by atoms with Gasteiger partial charge in [0.2, 0.25) is 0 Å². The van der Waals surface area contributed by atoms with Crippen molar-refractivity contribution in [1.82, 2.24) is 9.55 Å². The van der Waals surface area contributed by atoms with Crippen LogP contribution in [0.4, 0.5) is 0 Å². The van der Waals surface area contributed by atoms with Crippen LogP contribution in [0.5, 0.6) is 0 Å². The molecule has 19 heavy (non-hydrogen) atoms. The van der Waals surface area contributed by atoms with E-state index in [1.165, 1.54) is 32.1 Å². The summed E-state index contributed by atoms with van der Waals surface area (Å²) in [4.78, 5) is 4.01. The van der Waals surface area contributed by atoms with Crippen LogP contribution >= 0.6 is 12.2 Å². The average Bonchev–Trinajstić information content (AvgIpc) is 2.91. The average molecular weight is 278 g/mol. The molecule has 0 saturated heterocycles. The van der Waals surface area contributed by atoms with Crippen molar-refractivity contribution in [3.63, 3.8) is 0 Å². The summed E-state index contributed by atoms with van der Waals surface area (Å²) in [5.74, 6) is 0.905. The zero-order valence-electron chi connectivity index (χ0n) is 11.5. The second-order valence-corrected chi connectivity index (χ2v) is 6.70. The molecule has 0 aliphatic heterocycles. The summed E-state index contributed by atoms with van der Waals surface area (Å²) in [5, 5.41) is 0.542. The Balaban J connectivity index is 1.62. The molecule has 2 aliphatic carbocycles. The number of aromatic nitrogens is 2. The normalized spacial score (nSPS) is 34.6. The molecule has 0 spiro atoms. The van der Waals surface area contributed by atoms with Gasteiger partial charge in [0, 0.05) is 12.4 Å². The summed E-state index contributed by atoms with van der Waals surface area (Å²) in [6, 6.07) is 0. The van der Waals surface area contributed by atoms with Gasteiger partial charge in [-0.05, 0) is 55.7 Å². The highest BCUT2D eigenvalue weighted by atomic mass is 32.1. The van der Waals surface area contributed by atoms with Crippen LogP contribution in [0.1, 0.15) is 51.9 Å². The third-order valence-electron chi connectivity index (χ3n) is 5.05. The fraction of sp³-hybridized carbons (Fsp3) is 0.733. The summed E-state index contributed by atoms with van der Waals surface area (Å²) >= 11 is 5.34. The quantitative estimate of drug-likeness (QED) is 0.731. The van der Waals surface area contributed by atoms with E-state index >= 15 is 0 Å². The number of nitrogens with zero attached hydrogens (tertiary/aromatic N) is 2. The van der Waals surface area contributed by atoms with Crippen LogP contribution in [0.2, 0.25) is 0 Å². The van der Waals surface area contributed by atoms with Crippen molar-refractivity contribution >= 4 is 17.4 Å². The van der Waals surface area contributed by atoms with Crippen LogP contribution in [0.15, 0.2) is 18.7 Å². The summed E-state index contributed by atoms with van der Waals surface area (Å²) in [5.41, 5.74) is 0.478. The third-order valence-corrected chi connectivity index (χ3v) is 5.36. The standard InChI is InChI=1S/C15H22N2OS/c1-15-7-3-2-4-12(15)5-6-13(10-15)18-14(19)17-9-8-16-11-17/h8-9,11-13H,2-7,10H2,1H3/t12-,13+,15-/m1/s1. The zero-order valence-corrected chi connectivity index (χ0v) is 12.4. The van der Waals surface area contributed by atoms with Crippen molar-refractivity contribution in [2.45, 2.75) is 58.0 Å². The molecule has 3 rings (SSSR count). The Morgan fingerprint density at radius 1 is 1.37 bits per heavy atom. The van der Waals surface area contributed by atoms with Crippen LogP contribution in [-0.2, 0) is 4.74 Å². The monoisotopic (exact) mass is 278 g/mol. The van der Waals surface area contributed by atoms with Crippen molar-refractivity contribution < 1.29 is 4.74 Å². The third kappa shape index (κ3) is 2.69. The van der Waals surface area contributed by atoms with Crippen molar-refractivity contribution in [2.75, 3.05) is 0 Å². The van der Waals surface area contributed by atoms with Gasteiger partial charge in [-0.25, -0.2) is 4.98 Å². The minimum absolute atomic E-state index is 0.286. The molecule has 3 nitrogen and oxygen atoms in total. The fourth-order valence-electron chi connectivity index (χ4n) is 3.91. The largest absolute Gasteiger partial charge is 0.467 e. The molecule has 104 valence electrons. The highest BCUT2D eigenvalue weighted by Gasteiger charge is 2.42. The Morgan fingerprint density at radius 3 is 3.05 bits per heavy atom. The minimum Gasteiger partial charge on any atom is -0.467 e. The molecule has 0 aromatic carbocycles. The maximum atomic E-state index is 6.00. The maximum Gasteiger partial charge on any atom is 0.269 e. The number of hydrogen-bond acceptors (Lipinski definition) is 3. The predicted octanol–water partition coefficient (Wildman–Crippen LogP) is 3.78. The number of imidazole rings is 1. The van der Waals surface area contributed by atoms with E-state index < -0.39 is 0 Å². The van der Waals surface area contributed by atoms with Gasteiger partial charge in [-0.1, -0.05) is 19.8 Å². The first-order valence-electron chi connectivity index (χ1n) is 7.36. The molecule has 2 aliphatic rings. The van der Waals surface area contributed by atoms with E-state index in [4.69, 9.17) is 17.0 Å². The van der Waals surface area contributed by atoms with Crippen LogP contribution in [0.25, 0.3) is 0 Å². The van der Waals surface area contributed by atoms with E-state index in [0.29, 0.717) is 10.6 Å². The first kappa shape index (κ1) is 13.1. The Kier molecular flexibility index (Phi) is 3.61. The molecule has 0 N–H and O–H groups in total. The lowest BCUT2D eigenvalue weighted by atomic mass is 9.60. The summed E-state index contributed by atoms with van der Waals surface area (Å²) in [7, 11) is 0. The Bertz CT molecular complexity index is 445. The van der Waals surface area contributed by atoms with Crippen LogP contribution in [0.3, 0.4) is 0 Å². The van der Waals surface area contributed by atoms with Gasteiger partial charge in [0.15, 0.2) is 0 Å². The maximum absolute atomic E-state index is 6.00. The molecule has 0 unspecified atom stereocenters. The van der Waals surface area contributed by atoms with Gasteiger partial charge < -0.3 is 4.74 Å². The molecular formula is C15H22N2OS. The molecule has 1 aromatic rings. The van der Waals surface area contributed by atoms with Crippen molar-refractivity contribution in [3.8, 4) is 0 Å². The number of ether oxygens (including phenoxy) is 1.